The van der Waals surface area contributed by atoms with Crippen molar-refractivity contribution in [2.24, 2.45) is 0 Å². The van der Waals surface area contributed by atoms with Gasteiger partial charge in [0.2, 0.25) is 0 Å². The fraction of sp³-hybridized carbons (Fsp3) is 0.154. The topological polar surface area (TPSA) is 87.5 Å². The van der Waals surface area contributed by atoms with Crippen LogP contribution in [0.2, 0.25) is 0 Å². The van der Waals surface area contributed by atoms with Gasteiger partial charge in [-0.15, -0.1) is 0 Å². The highest BCUT2D eigenvalue weighted by Gasteiger charge is 1.84. The molecule has 0 spiro atoms. The van der Waals surface area contributed by atoms with Gasteiger partial charge in [-0.25, -0.2) is 0 Å². The molecule has 0 aliphatic heterocycles. The first-order valence-corrected chi connectivity index (χ1v) is 6.92. The van der Waals surface area contributed by atoms with Crippen LogP contribution in [0.5, 0.6) is 0 Å². The third-order valence-electron chi connectivity index (χ3n) is 1.82. The van der Waals surface area contributed by atoms with E-state index in [1.165, 1.54) is 5.56 Å². The Labute approximate surface area is 113 Å². The van der Waals surface area contributed by atoms with Crippen LogP contribution in [0.1, 0.15) is 12.5 Å². The smallest absolute Gasteiger partial charge is 0.265 e. The van der Waals surface area contributed by atoms with E-state index in [2.05, 4.69) is 11.9 Å². The van der Waals surface area contributed by atoms with Gasteiger partial charge in [0.1, 0.15) is 0 Å². The summed E-state index contributed by atoms with van der Waals surface area (Å²) in [5.41, 5.74) is 1.35. The standard InChI is InChI=1S/C7H9N.C6H6.H2O4S/c1-2-7-3-5-8-6-4-7;1-2-4-6-5-3-1;1-5(2,3)4/h3-6H,2H2,1H3;1-6H;(H2,1,2,3,4). The molecule has 0 aliphatic rings. The molecule has 104 valence electrons. The van der Waals surface area contributed by atoms with Crippen molar-refractivity contribution in [2.45, 2.75) is 13.3 Å². The van der Waals surface area contributed by atoms with Crippen molar-refractivity contribution in [2.75, 3.05) is 0 Å². The van der Waals surface area contributed by atoms with Gasteiger partial charge in [0.05, 0.1) is 0 Å². The molecule has 0 bridgehead atoms. The summed E-state index contributed by atoms with van der Waals surface area (Å²) < 4.78 is 31.6. The van der Waals surface area contributed by atoms with Crippen molar-refractivity contribution in [3.63, 3.8) is 0 Å². The minimum absolute atomic E-state index is 1.10. The van der Waals surface area contributed by atoms with Gasteiger partial charge in [0, 0.05) is 12.4 Å². The molecular formula is C13H17NO4S. The number of hydrogen-bond donors (Lipinski definition) is 2. The van der Waals surface area contributed by atoms with Crippen molar-refractivity contribution in [3.05, 3.63) is 66.5 Å². The van der Waals surface area contributed by atoms with Crippen molar-refractivity contribution in [3.8, 4) is 0 Å². The minimum Gasteiger partial charge on any atom is -0.265 e. The van der Waals surface area contributed by atoms with E-state index in [4.69, 9.17) is 17.5 Å². The monoisotopic (exact) mass is 283 g/mol. The molecule has 19 heavy (non-hydrogen) atoms. The quantitative estimate of drug-likeness (QED) is 0.786. The van der Waals surface area contributed by atoms with Crippen LogP contribution in [0.25, 0.3) is 0 Å². The van der Waals surface area contributed by atoms with Crippen LogP contribution in [0.15, 0.2) is 60.9 Å². The van der Waals surface area contributed by atoms with E-state index < -0.39 is 10.4 Å². The maximum atomic E-state index is 8.74. The van der Waals surface area contributed by atoms with Crippen LogP contribution < -0.4 is 0 Å². The molecule has 1 aromatic carbocycles. The Bertz CT molecular complexity index is 480. The van der Waals surface area contributed by atoms with Crippen LogP contribution in [0.4, 0.5) is 0 Å². The maximum absolute atomic E-state index is 8.74. The molecule has 2 rings (SSSR count). The number of nitrogens with zero attached hydrogens (tertiary/aromatic N) is 1. The van der Waals surface area contributed by atoms with Gasteiger partial charge < -0.3 is 0 Å². The van der Waals surface area contributed by atoms with Gasteiger partial charge in [-0.1, -0.05) is 43.3 Å². The van der Waals surface area contributed by atoms with E-state index in [0.29, 0.717) is 0 Å². The Morgan fingerprint density at radius 1 is 0.947 bits per heavy atom. The average molecular weight is 283 g/mol. The van der Waals surface area contributed by atoms with E-state index in [1.807, 2.05) is 60.9 Å². The van der Waals surface area contributed by atoms with Gasteiger partial charge in [-0.2, -0.15) is 8.42 Å². The first-order valence-electron chi connectivity index (χ1n) is 5.52. The molecule has 1 aromatic heterocycles. The van der Waals surface area contributed by atoms with Gasteiger partial charge in [0.15, 0.2) is 0 Å². The highest BCUT2D eigenvalue weighted by molar-refractivity contribution is 7.79. The first kappa shape index (κ1) is 17.2. The maximum Gasteiger partial charge on any atom is 0.394 e. The normalized spacial score (nSPS) is 9.42. The highest BCUT2D eigenvalue weighted by atomic mass is 32.3. The van der Waals surface area contributed by atoms with Crippen molar-refractivity contribution >= 4 is 10.4 Å². The van der Waals surface area contributed by atoms with Crippen LogP contribution in [0.3, 0.4) is 0 Å². The van der Waals surface area contributed by atoms with Gasteiger partial charge >= 0.3 is 10.4 Å². The lowest BCUT2D eigenvalue weighted by Crippen LogP contribution is -1.89. The molecule has 0 radical (unpaired) electrons. The molecule has 0 atom stereocenters. The fourth-order valence-electron chi connectivity index (χ4n) is 1.00. The molecule has 2 aromatic rings. The zero-order chi connectivity index (χ0) is 14.6. The van der Waals surface area contributed by atoms with E-state index in [0.717, 1.165) is 6.42 Å². The summed E-state index contributed by atoms with van der Waals surface area (Å²) in [6.45, 7) is 2.13. The first-order chi connectivity index (χ1) is 8.93. The Hall–Kier alpha value is -1.76. The third-order valence-corrected chi connectivity index (χ3v) is 1.82. The minimum atomic E-state index is -4.67. The molecular weight excluding hydrogens is 266 g/mol. The van der Waals surface area contributed by atoms with Crippen molar-refractivity contribution in [1.29, 1.82) is 0 Å². The summed E-state index contributed by atoms with van der Waals surface area (Å²) in [4.78, 5) is 3.89. The van der Waals surface area contributed by atoms with Gasteiger partial charge in [-0.05, 0) is 24.1 Å². The zero-order valence-corrected chi connectivity index (χ0v) is 11.4. The Kier molecular flexibility index (Phi) is 9.25. The Morgan fingerprint density at radius 2 is 1.26 bits per heavy atom. The second-order valence-corrected chi connectivity index (χ2v) is 4.21. The van der Waals surface area contributed by atoms with Crippen molar-refractivity contribution < 1.29 is 17.5 Å². The molecule has 0 unspecified atom stereocenters. The summed E-state index contributed by atoms with van der Waals surface area (Å²) in [5, 5.41) is 0. The summed E-state index contributed by atoms with van der Waals surface area (Å²) in [7, 11) is -4.67. The molecule has 0 saturated heterocycles. The lowest BCUT2D eigenvalue weighted by Gasteiger charge is -1.89. The second kappa shape index (κ2) is 10.2. The predicted octanol–water partition coefficient (Wildman–Crippen LogP) is 2.68. The second-order valence-electron chi connectivity index (χ2n) is 3.31. The lowest BCUT2D eigenvalue weighted by atomic mass is 10.2. The number of hydrogen-bond acceptors (Lipinski definition) is 3. The highest BCUT2D eigenvalue weighted by Crippen LogP contribution is 1.94. The van der Waals surface area contributed by atoms with E-state index >= 15 is 0 Å². The van der Waals surface area contributed by atoms with Crippen LogP contribution in [0, 0.1) is 0 Å². The molecule has 0 amide bonds. The van der Waals surface area contributed by atoms with Crippen LogP contribution in [-0.4, -0.2) is 22.5 Å². The predicted molar refractivity (Wildman–Crippen MR) is 74.2 cm³/mol. The SMILES string of the molecule is CCc1ccncc1.O=S(=O)(O)O.c1ccccc1. The number of aromatic nitrogens is 1. The molecule has 1 heterocycles. The van der Waals surface area contributed by atoms with Gasteiger partial charge in [0.25, 0.3) is 0 Å². The number of benzene rings is 1. The average Bonchev–Trinajstić information content (AvgIpc) is 2.40. The Balaban J connectivity index is 0.000000265. The number of pyridine rings is 1. The molecule has 0 fully saturated rings. The van der Waals surface area contributed by atoms with E-state index in [-0.39, 0.29) is 0 Å². The third kappa shape index (κ3) is 16.2. The molecule has 0 aliphatic carbocycles. The largest absolute Gasteiger partial charge is 0.394 e. The fourth-order valence-corrected chi connectivity index (χ4v) is 1.00. The Morgan fingerprint density at radius 3 is 1.47 bits per heavy atom. The van der Waals surface area contributed by atoms with Crippen LogP contribution >= 0.6 is 0 Å². The lowest BCUT2D eigenvalue weighted by molar-refractivity contribution is 0.381. The van der Waals surface area contributed by atoms with Crippen LogP contribution in [-0.2, 0) is 16.8 Å². The zero-order valence-electron chi connectivity index (χ0n) is 10.5. The summed E-state index contributed by atoms with van der Waals surface area (Å²) in [5.74, 6) is 0. The molecule has 2 N–H and O–H groups in total. The number of aryl methyl sites for hydroxylation is 1. The summed E-state index contributed by atoms with van der Waals surface area (Å²) in [6.07, 6.45) is 4.74. The van der Waals surface area contributed by atoms with Crippen molar-refractivity contribution in [1.82, 2.24) is 4.98 Å². The molecule has 6 heteroatoms. The van der Waals surface area contributed by atoms with Gasteiger partial charge in [-0.3, -0.25) is 14.1 Å². The summed E-state index contributed by atoms with van der Waals surface area (Å²) in [6, 6.07) is 16.1. The van der Waals surface area contributed by atoms with E-state index in [9.17, 15) is 0 Å². The number of rotatable bonds is 1. The molecule has 0 saturated carbocycles. The summed E-state index contributed by atoms with van der Waals surface area (Å²) >= 11 is 0. The van der Waals surface area contributed by atoms with E-state index in [1.54, 1.807) is 0 Å². The molecule has 5 nitrogen and oxygen atoms in total.